The van der Waals surface area contributed by atoms with Crippen LogP contribution in [0.1, 0.15) is 39.4 Å². The highest BCUT2D eigenvalue weighted by Gasteiger charge is 2.48. The second kappa shape index (κ2) is 14.3. The van der Waals surface area contributed by atoms with E-state index in [9.17, 15) is 14.7 Å². The SMILES string of the molecule is COc1ccc(C2C(=C(O)c3ccc(OCc4cccc(C)c4)cc3)C(=O)C(=O)N2c2nnc(SCc3ccc(C)cc3)s2)cc1OC. The van der Waals surface area contributed by atoms with Crippen LogP contribution in [0.4, 0.5) is 5.13 Å². The lowest BCUT2D eigenvalue weighted by Gasteiger charge is -2.23. The lowest BCUT2D eigenvalue weighted by molar-refractivity contribution is -0.132. The standard InChI is InChI=1S/C37H33N3O6S2/c1-22-8-10-24(11-9-22)21-47-37-39-38-36(48-37)40-32(27-14-17-29(44-3)30(19-27)45-4)31(34(42)35(40)43)33(41)26-12-15-28(16-13-26)46-20-25-7-5-6-23(2)18-25/h5-19,32,41H,20-21H2,1-4H3. The molecule has 1 aliphatic heterocycles. The molecular formula is C37H33N3O6S2. The number of anilines is 1. The van der Waals surface area contributed by atoms with Gasteiger partial charge >= 0.3 is 5.91 Å². The first-order valence-corrected chi connectivity index (χ1v) is 16.9. The molecule has 5 aromatic rings. The van der Waals surface area contributed by atoms with Crippen LogP contribution in [0.15, 0.2) is 101 Å². The predicted octanol–water partition coefficient (Wildman–Crippen LogP) is 7.67. The molecule has 0 saturated carbocycles. The molecule has 11 heteroatoms. The van der Waals surface area contributed by atoms with Crippen molar-refractivity contribution >= 4 is 45.7 Å². The van der Waals surface area contributed by atoms with Gasteiger partial charge in [0.25, 0.3) is 5.78 Å². The lowest BCUT2D eigenvalue weighted by Crippen LogP contribution is -2.29. The molecular weight excluding hydrogens is 647 g/mol. The molecule has 1 N–H and O–H groups in total. The van der Waals surface area contributed by atoms with Crippen LogP contribution in [-0.4, -0.2) is 41.2 Å². The highest BCUT2D eigenvalue weighted by Crippen LogP contribution is 2.45. The van der Waals surface area contributed by atoms with Crippen LogP contribution in [0.25, 0.3) is 5.76 Å². The van der Waals surface area contributed by atoms with Crippen LogP contribution in [-0.2, 0) is 21.9 Å². The fourth-order valence-electron chi connectivity index (χ4n) is 5.39. The quantitative estimate of drug-likeness (QED) is 0.0494. The van der Waals surface area contributed by atoms with Crippen LogP contribution in [0, 0.1) is 13.8 Å². The molecule has 0 aliphatic carbocycles. The van der Waals surface area contributed by atoms with E-state index in [2.05, 4.69) is 40.5 Å². The molecule has 9 nitrogen and oxygen atoms in total. The maximum Gasteiger partial charge on any atom is 0.301 e. The van der Waals surface area contributed by atoms with E-state index in [0.717, 1.165) is 16.7 Å². The number of carbonyl (C=O) groups excluding carboxylic acids is 2. The molecule has 1 aromatic heterocycles. The summed E-state index contributed by atoms with van der Waals surface area (Å²) in [5, 5.41) is 20.5. The number of ether oxygens (including phenoxy) is 3. The first kappa shape index (κ1) is 32.8. The maximum absolute atomic E-state index is 13.7. The fourth-order valence-corrected chi connectivity index (χ4v) is 7.21. The Morgan fingerprint density at radius 1 is 0.854 bits per heavy atom. The molecule has 6 rings (SSSR count). The van der Waals surface area contributed by atoms with Gasteiger partial charge in [0, 0.05) is 11.3 Å². The molecule has 1 atom stereocenters. The van der Waals surface area contributed by atoms with E-state index in [0.29, 0.717) is 45.1 Å². The molecule has 1 amide bonds. The fraction of sp³-hybridized carbons (Fsp3) is 0.189. The summed E-state index contributed by atoms with van der Waals surface area (Å²) in [6, 6.07) is 27.1. The topological polar surface area (TPSA) is 111 Å². The number of nitrogens with zero attached hydrogens (tertiary/aromatic N) is 3. The van der Waals surface area contributed by atoms with Gasteiger partial charge in [-0.2, -0.15) is 0 Å². The molecule has 244 valence electrons. The smallest absolute Gasteiger partial charge is 0.301 e. The molecule has 1 unspecified atom stereocenters. The number of rotatable bonds is 11. The zero-order chi connectivity index (χ0) is 33.8. The van der Waals surface area contributed by atoms with Crippen LogP contribution in [0.2, 0.25) is 0 Å². The number of hydrogen-bond acceptors (Lipinski definition) is 10. The second-order valence-corrected chi connectivity index (χ2v) is 13.4. The maximum atomic E-state index is 13.7. The Labute approximate surface area is 286 Å². The molecule has 1 fully saturated rings. The first-order valence-electron chi connectivity index (χ1n) is 15.1. The average Bonchev–Trinajstić information content (AvgIpc) is 3.68. The monoisotopic (exact) mass is 679 g/mol. The Morgan fingerprint density at radius 2 is 1.60 bits per heavy atom. The molecule has 0 bridgehead atoms. The summed E-state index contributed by atoms with van der Waals surface area (Å²) in [5.74, 6) is 0.162. The number of Topliss-reactive ketones (excluding diaryl/α,β-unsaturated/α-hetero) is 1. The Morgan fingerprint density at radius 3 is 2.31 bits per heavy atom. The summed E-state index contributed by atoms with van der Waals surface area (Å²) in [6.45, 7) is 4.44. The third-order valence-corrected chi connectivity index (χ3v) is 10.00. The number of hydrogen-bond donors (Lipinski definition) is 1. The average molecular weight is 680 g/mol. The largest absolute Gasteiger partial charge is 0.507 e. The van der Waals surface area contributed by atoms with Crippen molar-refractivity contribution in [3.63, 3.8) is 0 Å². The number of aliphatic hydroxyl groups excluding tert-OH is 1. The Balaban J connectivity index is 1.33. The zero-order valence-corrected chi connectivity index (χ0v) is 28.4. The molecule has 1 saturated heterocycles. The molecule has 0 spiro atoms. The second-order valence-electron chi connectivity index (χ2n) is 11.2. The van der Waals surface area contributed by atoms with E-state index >= 15 is 0 Å². The van der Waals surface area contributed by atoms with Crippen LogP contribution < -0.4 is 19.1 Å². The number of ketones is 1. The van der Waals surface area contributed by atoms with Crippen LogP contribution in [0.3, 0.4) is 0 Å². The summed E-state index contributed by atoms with van der Waals surface area (Å²) in [5.41, 5.74) is 5.27. The Bertz CT molecular complexity index is 1990. The van der Waals surface area contributed by atoms with Gasteiger partial charge in [0.2, 0.25) is 5.13 Å². The first-order chi connectivity index (χ1) is 23.2. The molecule has 0 radical (unpaired) electrons. The normalized spacial score (nSPS) is 15.5. The molecule has 2 heterocycles. The predicted molar refractivity (Wildman–Crippen MR) is 187 cm³/mol. The van der Waals surface area contributed by atoms with E-state index in [1.165, 1.54) is 47.8 Å². The number of carbonyl (C=O) groups is 2. The summed E-state index contributed by atoms with van der Waals surface area (Å²) in [7, 11) is 3.03. The van der Waals surface area contributed by atoms with Gasteiger partial charge in [-0.15, -0.1) is 10.2 Å². The van der Waals surface area contributed by atoms with E-state index in [4.69, 9.17) is 14.2 Å². The minimum absolute atomic E-state index is 0.0790. The summed E-state index contributed by atoms with van der Waals surface area (Å²) < 4.78 is 17.5. The van der Waals surface area contributed by atoms with Gasteiger partial charge in [0.1, 0.15) is 18.1 Å². The van der Waals surface area contributed by atoms with Crippen molar-refractivity contribution in [3.05, 3.63) is 130 Å². The number of amides is 1. The van der Waals surface area contributed by atoms with E-state index in [1.54, 1.807) is 42.5 Å². The minimum Gasteiger partial charge on any atom is -0.507 e. The van der Waals surface area contributed by atoms with Crippen molar-refractivity contribution in [2.24, 2.45) is 0 Å². The summed E-state index contributed by atoms with van der Waals surface area (Å²) >= 11 is 2.70. The highest BCUT2D eigenvalue weighted by atomic mass is 32.2. The Kier molecular flexibility index (Phi) is 9.79. The molecule has 48 heavy (non-hydrogen) atoms. The number of methoxy groups -OCH3 is 2. The summed E-state index contributed by atoms with van der Waals surface area (Å²) in [4.78, 5) is 28.7. The van der Waals surface area contributed by atoms with Gasteiger partial charge in [0.15, 0.2) is 15.8 Å². The van der Waals surface area contributed by atoms with Gasteiger partial charge in [-0.25, -0.2) is 0 Å². The van der Waals surface area contributed by atoms with Crippen LogP contribution in [0.5, 0.6) is 17.2 Å². The molecule has 4 aromatic carbocycles. The van der Waals surface area contributed by atoms with Gasteiger partial charge in [-0.05, 0) is 66.9 Å². The van der Waals surface area contributed by atoms with E-state index < -0.39 is 17.7 Å². The third kappa shape index (κ3) is 6.92. The summed E-state index contributed by atoms with van der Waals surface area (Å²) in [6.07, 6.45) is 0. The zero-order valence-electron chi connectivity index (χ0n) is 26.8. The Hall–Kier alpha value is -5.13. The number of aromatic nitrogens is 2. The van der Waals surface area contributed by atoms with E-state index in [1.807, 2.05) is 32.0 Å². The van der Waals surface area contributed by atoms with Gasteiger partial charge in [-0.3, -0.25) is 14.5 Å². The minimum atomic E-state index is -1.01. The van der Waals surface area contributed by atoms with Crippen molar-refractivity contribution in [2.45, 2.75) is 36.6 Å². The van der Waals surface area contributed by atoms with E-state index in [-0.39, 0.29) is 16.5 Å². The van der Waals surface area contributed by atoms with Crippen molar-refractivity contribution in [3.8, 4) is 17.2 Å². The van der Waals surface area contributed by atoms with Gasteiger partial charge in [0.05, 0.1) is 25.8 Å². The van der Waals surface area contributed by atoms with Crippen molar-refractivity contribution < 1.29 is 28.9 Å². The third-order valence-electron chi connectivity index (χ3n) is 7.87. The number of thioether (sulfide) groups is 1. The van der Waals surface area contributed by atoms with Crippen molar-refractivity contribution in [2.75, 3.05) is 19.1 Å². The number of benzene rings is 4. The van der Waals surface area contributed by atoms with Gasteiger partial charge in [-0.1, -0.05) is 88.8 Å². The van der Waals surface area contributed by atoms with Crippen molar-refractivity contribution in [1.82, 2.24) is 10.2 Å². The number of aliphatic hydroxyl groups is 1. The van der Waals surface area contributed by atoms with Gasteiger partial charge < -0.3 is 19.3 Å². The highest BCUT2D eigenvalue weighted by molar-refractivity contribution is 8.00. The van der Waals surface area contributed by atoms with Crippen LogP contribution >= 0.6 is 23.1 Å². The lowest BCUT2D eigenvalue weighted by atomic mass is 9.95. The number of aryl methyl sites for hydroxylation is 2. The van der Waals surface area contributed by atoms with Crippen molar-refractivity contribution in [1.29, 1.82) is 0 Å². The molecule has 1 aliphatic rings.